The summed E-state index contributed by atoms with van der Waals surface area (Å²) in [6.45, 7) is 4.74. The fourth-order valence-electron chi connectivity index (χ4n) is 2.65. The van der Waals surface area contributed by atoms with Crippen molar-refractivity contribution in [2.24, 2.45) is 0 Å². The van der Waals surface area contributed by atoms with E-state index in [1.54, 1.807) is 12.4 Å². The minimum absolute atomic E-state index is 0.00703. The van der Waals surface area contributed by atoms with E-state index in [1.807, 2.05) is 36.5 Å². The van der Waals surface area contributed by atoms with Gasteiger partial charge in [-0.1, -0.05) is 19.9 Å². The third-order valence-electron chi connectivity index (χ3n) is 3.92. The summed E-state index contributed by atoms with van der Waals surface area (Å²) in [4.78, 5) is 19.2. The second-order valence-corrected chi connectivity index (χ2v) is 6.00. The van der Waals surface area contributed by atoms with Crippen LogP contribution in [0.15, 0.2) is 48.9 Å². The Morgan fingerprint density at radius 1 is 1.25 bits per heavy atom. The summed E-state index contributed by atoms with van der Waals surface area (Å²) in [6, 6.07) is 9.58. The first-order chi connectivity index (χ1) is 11.6. The number of rotatable bonds is 6. The van der Waals surface area contributed by atoms with Gasteiger partial charge in [0.25, 0.3) is 5.91 Å². The first-order valence-corrected chi connectivity index (χ1v) is 8.03. The van der Waals surface area contributed by atoms with E-state index >= 15 is 0 Å². The number of nitrogens with one attached hydrogen (secondary N) is 2. The maximum Gasteiger partial charge on any atom is 0.258 e. The first-order valence-electron chi connectivity index (χ1n) is 8.03. The molecule has 0 spiro atoms. The number of ether oxygens (including phenoxy) is 1. The maximum atomic E-state index is 12.0. The molecule has 0 aliphatic heterocycles. The predicted octanol–water partition coefficient (Wildman–Crippen LogP) is 3.38. The molecule has 1 aromatic carbocycles. The number of benzene rings is 1. The molecule has 5 heteroatoms. The molecule has 2 aromatic heterocycles. The monoisotopic (exact) mass is 323 g/mol. The van der Waals surface area contributed by atoms with E-state index in [4.69, 9.17) is 4.74 Å². The SMILES string of the molecule is CC(C)c1c[nH]c2cccc(OCC(=O)NCc3ccncc3)c12. The van der Waals surface area contributed by atoms with E-state index in [0.717, 1.165) is 22.2 Å². The van der Waals surface area contributed by atoms with Crippen LogP contribution in [0.3, 0.4) is 0 Å². The minimum atomic E-state index is -0.148. The van der Waals surface area contributed by atoms with Crippen molar-refractivity contribution < 1.29 is 9.53 Å². The van der Waals surface area contributed by atoms with Gasteiger partial charge in [-0.3, -0.25) is 9.78 Å². The van der Waals surface area contributed by atoms with Gasteiger partial charge >= 0.3 is 0 Å². The van der Waals surface area contributed by atoms with Crippen LogP contribution in [0.2, 0.25) is 0 Å². The Bertz CT molecular complexity index is 825. The van der Waals surface area contributed by atoms with Crippen molar-refractivity contribution in [3.63, 3.8) is 0 Å². The number of aromatic amines is 1. The zero-order valence-electron chi connectivity index (χ0n) is 13.9. The van der Waals surface area contributed by atoms with Crippen molar-refractivity contribution in [1.82, 2.24) is 15.3 Å². The lowest BCUT2D eigenvalue weighted by atomic mass is 10.0. The van der Waals surface area contributed by atoms with Gasteiger partial charge in [0.2, 0.25) is 0 Å². The molecule has 0 aliphatic carbocycles. The average Bonchev–Trinajstić information content (AvgIpc) is 3.04. The first kappa shape index (κ1) is 16.1. The van der Waals surface area contributed by atoms with Gasteiger partial charge in [0.15, 0.2) is 6.61 Å². The van der Waals surface area contributed by atoms with Gasteiger partial charge in [-0.2, -0.15) is 0 Å². The third kappa shape index (κ3) is 3.56. The highest BCUT2D eigenvalue weighted by Gasteiger charge is 2.13. The summed E-state index contributed by atoms with van der Waals surface area (Å²) < 4.78 is 5.77. The summed E-state index contributed by atoms with van der Waals surface area (Å²) in [5.41, 5.74) is 3.22. The van der Waals surface area contributed by atoms with Crippen LogP contribution in [-0.2, 0) is 11.3 Å². The molecule has 1 amide bonds. The maximum absolute atomic E-state index is 12.0. The van der Waals surface area contributed by atoms with Crippen molar-refractivity contribution in [3.05, 3.63) is 60.0 Å². The Hall–Kier alpha value is -2.82. The molecule has 3 rings (SSSR count). The quantitative estimate of drug-likeness (QED) is 0.731. The highest BCUT2D eigenvalue weighted by Crippen LogP contribution is 2.32. The molecule has 5 nitrogen and oxygen atoms in total. The lowest BCUT2D eigenvalue weighted by Crippen LogP contribution is -2.28. The number of carbonyl (C=O) groups excluding carboxylic acids is 1. The molecular weight excluding hydrogens is 302 g/mol. The molecule has 2 heterocycles. The zero-order valence-corrected chi connectivity index (χ0v) is 13.9. The van der Waals surface area contributed by atoms with Crippen molar-refractivity contribution in [1.29, 1.82) is 0 Å². The summed E-state index contributed by atoms with van der Waals surface area (Å²) in [7, 11) is 0. The van der Waals surface area contributed by atoms with Gasteiger partial charge in [0.05, 0.1) is 0 Å². The number of hydrogen-bond donors (Lipinski definition) is 2. The number of aromatic nitrogens is 2. The molecule has 0 saturated carbocycles. The molecule has 0 fully saturated rings. The van der Waals surface area contributed by atoms with Crippen LogP contribution < -0.4 is 10.1 Å². The van der Waals surface area contributed by atoms with Crippen LogP contribution in [0.25, 0.3) is 10.9 Å². The molecule has 0 atom stereocenters. The molecule has 0 saturated heterocycles. The Balaban J connectivity index is 1.65. The summed E-state index contributed by atoms with van der Waals surface area (Å²) in [5, 5.41) is 3.90. The standard InChI is InChI=1S/C19H21N3O2/c1-13(2)15-11-21-16-4-3-5-17(19(15)16)24-12-18(23)22-10-14-6-8-20-9-7-14/h3-9,11,13,21H,10,12H2,1-2H3,(H,22,23). The van der Waals surface area contributed by atoms with Crippen LogP contribution in [0.1, 0.15) is 30.9 Å². The third-order valence-corrected chi connectivity index (χ3v) is 3.92. The second kappa shape index (κ2) is 7.17. The second-order valence-electron chi connectivity index (χ2n) is 6.00. The number of hydrogen-bond acceptors (Lipinski definition) is 3. The average molecular weight is 323 g/mol. The molecule has 0 radical (unpaired) electrons. The van der Waals surface area contributed by atoms with E-state index in [9.17, 15) is 4.79 Å². The lowest BCUT2D eigenvalue weighted by molar-refractivity contribution is -0.123. The van der Waals surface area contributed by atoms with Gasteiger partial charge in [0, 0.05) is 36.0 Å². The molecule has 0 bridgehead atoms. The Labute approximate surface area is 141 Å². The van der Waals surface area contributed by atoms with Crippen molar-refractivity contribution in [2.45, 2.75) is 26.3 Å². The van der Waals surface area contributed by atoms with E-state index in [-0.39, 0.29) is 12.5 Å². The molecule has 0 unspecified atom stereocenters. The van der Waals surface area contributed by atoms with Gasteiger partial charge in [0.1, 0.15) is 5.75 Å². The van der Waals surface area contributed by atoms with Gasteiger partial charge in [-0.05, 0) is 41.3 Å². The van der Waals surface area contributed by atoms with Crippen LogP contribution >= 0.6 is 0 Å². The normalized spacial score (nSPS) is 11.0. The van der Waals surface area contributed by atoms with E-state index in [1.165, 1.54) is 5.56 Å². The van der Waals surface area contributed by atoms with E-state index < -0.39 is 0 Å². The molecule has 2 N–H and O–H groups in total. The van der Waals surface area contributed by atoms with Gasteiger partial charge < -0.3 is 15.0 Å². The Kier molecular flexibility index (Phi) is 4.79. The number of nitrogens with zero attached hydrogens (tertiary/aromatic N) is 1. The van der Waals surface area contributed by atoms with Gasteiger partial charge in [-0.15, -0.1) is 0 Å². The lowest BCUT2D eigenvalue weighted by Gasteiger charge is -2.11. The summed E-state index contributed by atoms with van der Waals surface area (Å²) in [5.74, 6) is 0.964. The smallest absolute Gasteiger partial charge is 0.258 e. The van der Waals surface area contributed by atoms with Crippen LogP contribution in [0.4, 0.5) is 0 Å². The highest BCUT2D eigenvalue weighted by atomic mass is 16.5. The van der Waals surface area contributed by atoms with Crippen LogP contribution in [0.5, 0.6) is 5.75 Å². The van der Waals surface area contributed by atoms with Crippen LogP contribution in [-0.4, -0.2) is 22.5 Å². The molecule has 124 valence electrons. The fraction of sp³-hybridized carbons (Fsp3) is 0.263. The summed E-state index contributed by atoms with van der Waals surface area (Å²) >= 11 is 0. The van der Waals surface area contributed by atoms with Crippen molar-refractivity contribution in [2.75, 3.05) is 6.61 Å². The van der Waals surface area contributed by atoms with E-state index in [2.05, 4.69) is 29.1 Å². The molecule has 3 aromatic rings. The molecule has 0 aliphatic rings. The highest BCUT2D eigenvalue weighted by molar-refractivity contribution is 5.90. The topological polar surface area (TPSA) is 67.0 Å². The summed E-state index contributed by atoms with van der Waals surface area (Å²) in [6.07, 6.45) is 5.42. The molecular formula is C19H21N3O2. The number of H-pyrrole nitrogens is 1. The van der Waals surface area contributed by atoms with E-state index in [0.29, 0.717) is 12.5 Å². The number of carbonyl (C=O) groups is 1. The van der Waals surface area contributed by atoms with Crippen LogP contribution in [0, 0.1) is 0 Å². The predicted molar refractivity (Wildman–Crippen MR) is 94.0 cm³/mol. The van der Waals surface area contributed by atoms with Crippen molar-refractivity contribution in [3.8, 4) is 5.75 Å². The molecule has 24 heavy (non-hydrogen) atoms. The number of fused-ring (bicyclic) bond motifs is 1. The Morgan fingerprint density at radius 2 is 2.04 bits per heavy atom. The van der Waals surface area contributed by atoms with Gasteiger partial charge in [-0.25, -0.2) is 0 Å². The zero-order chi connectivity index (χ0) is 16.9. The number of amides is 1. The van der Waals surface area contributed by atoms with Crippen molar-refractivity contribution >= 4 is 16.8 Å². The Morgan fingerprint density at radius 3 is 2.79 bits per heavy atom. The number of pyridine rings is 1. The minimum Gasteiger partial charge on any atom is -0.483 e. The largest absolute Gasteiger partial charge is 0.483 e. The fourth-order valence-corrected chi connectivity index (χ4v) is 2.65.